The minimum Gasteiger partial charge on any atom is -0.393 e. The Balaban J connectivity index is 3.47. The van der Waals surface area contributed by atoms with Gasteiger partial charge < -0.3 is 15.3 Å². The molecule has 0 saturated carbocycles. The molecule has 0 aromatic carbocycles. The third-order valence-electron chi connectivity index (χ3n) is 2.54. The number of rotatable bonds is 8. The summed E-state index contributed by atoms with van der Waals surface area (Å²) in [5, 5.41) is 28.2. The lowest BCUT2D eigenvalue weighted by Gasteiger charge is -2.17. The van der Waals surface area contributed by atoms with E-state index in [4.69, 9.17) is 0 Å². The van der Waals surface area contributed by atoms with Gasteiger partial charge in [-0.15, -0.1) is 0 Å². The summed E-state index contributed by atoms with van der Waals surface area (Å²) in [7, 11) is 0. The lowest BCUT2D eigenvalue weighted by atomic mass is 10.0. The van der Waals surface area contributed by atoms with Crippen LogP contribution in [0.4, 0.5) is 0 Å². The fourth-order valence-electron chi connectivity index (χ4n) is 1.45. The van der Waals surface area contributed by atoms with Gasteiger partial charge in [-0.3, -0.25) is 0 Å². The Morgan fingerprint density at radius 1 is 0.857 bits per heavy atom. The third-order valence-corrected chi connectivity index (χ3v) is 2.54. The van der Waals surface area contributed by atoms with E-state index in [-0.39, 0.29) is 6.10 Å². The van der Waals surface area contributed by atoms with Gasteiger partial charge in [-0.2, -0.15) is 0 Å². The van der Waals surface area contributed by atoms with E-state index in [1.807, 2.05) is 13.8 Å². The van der Waals surface area contributed by atoms with Gasteiger partial charge in [0.1, 0.15) is 0 Å². The molecule has 0 spiro atoms. The number of aliphatic hydroxyl groups excluding tert-OH is 3. The summed E-state index contributed by atoms with van der Waals surface area (Å²) in [6.07, 6.45) is 2.88. The molecule has 0 aromatic heterocycles. The summed E-state index contributed by atoms with van der Waals surface area (Å²) in [5.74, 6) is 0. The van der Waals surface area contributed by atoms with E-state index < -0.39 is 12.2 Å². The van der Waals surface area contributed by atoms with Gasteiger partial charge in [-0.25, -0.2) is 0 Å². The van der Waals surface area contributed by atoms with Crippen molar-refractivity contribution in [3.63, 3.8) is 0 Å². The van der Waals surface area contributed by atoms with E-state index >= 15 is 0 Å². The summed E-state index contributed by atoms with van der Waals surface area (Å²) in [6, 6.07) is 0. The molecule has 0 rings (SSSR count). The largest absolute Gasteiger partial charge is 0.393 e. The second-order valence-electron chi connectivity index (χ2n) is 3.92. The van der Waals surface area contributed by atoms with Crippen LogP contribution in [0.2, 0.25) is 0 Å². The van der Waals surface area contributed by atoms with Crippen molar-refractivity contribution in [1.82, 2.24) is 0 Å². The van der Waals surface area contributed by atoms with Crippen LogP contribution in [0.3, 0.4) is 0 Å². The molecule has 0 aliphatic heterocycles. The first-order chi connectivity index (χ1) is 6.61. The Hall–Kier alpha value is -0.120. The molecule has 3 unspecified atom stereocenters. The molecule has 0 radical (unpaired) electrons. The molecule has 3 nitrogen and oxygen atoms in total. The molecule has 3 N–H and O–H groups in total. The SMILES string of the molecule is CCCC(O)C(O)CCCC(O)CC. The molecule has 0 heterocycles. The molecule has 0 amide bonds. The minimum atomic E-state index is -0.626. The summed E-state index contributed by atoms with van der Waals surface area (Å²) in [6.45, 7) is 3.92. The predicted molar refractivity (Wildman–Crippen MR) is 57.1 cm³/mol. The van der Waals surface area contributed by atoms with Gasteiger partial charge >= 0.3 is 0 Å². The van der Waals surface area contributed by atoms with Gasteiger partial charge in [0.2, 0.25) is 0 Å². The third kappa shape index (κ3) is 6.35. The number of hydrogen-bond donors (Lipinski definition) is 3. The molecule has 86 valence electrons. The fourth-order valence-corrected chi connectivity index (χ4v) is 1.45. The first-order valence-corrected chi connectivity index (χ1v) is 5.66. The van der Waals surface area contributed by atoms with E-state index in [2.05, 4.69) is 0 Å². The molecule has 14 heavy (non-hydrogen) atoms. The van der Waals surface area contributed by atoms with Crippen LogP contribution in [-0.4, -0.2) is 33.6 Å². The Labute approximate surface area is 86.8 Å². The maximum atomic E-state index is 9.50. The molecule has 0 fully saturated rings. The van der Waals surface area contributed by atoms with Crippen LogP contribution >= 0.6 is 0 Å². The molecule has 0 bridgehead atoms. The standard InChI is InChI=1S/C11H24O3/c1-3-6-10(13)11(14)8-5-7-9(12)4-2/h9-14H,3-8H2,1-2H3. The first-order valence-electron chi connectivity index (χ1n) is 5.66. The smallest absolute Gasteiger partial charge is 0.0799 e. The fraction of sp³-hybridized carbons (Fsp3) is 1.00. The summed E-state index contributed by atoms with van der Waals surface area (Å²) < 4.78 is 0. The molecule has 3 atom stereocenters. The van der Waals surface area contributed by atoms with Crippen LogP contribution in [0.5, 0.6) is 0 Å². The maximum absolute atomic E-state index is 9.50. The molecule has 0 saturated heterocycles. The van der Waals surface area contributed by atoms with Crippen LogP contribution in [-0.2, 0) is 0 Å². The van der Waals surface area contributed by atoms with Gasteiger partial charge in [-0.05, 0) is 32.1 Å². The van der Waals surface area contributed by atoms with Gasteiger partial charge in [0.15, 0.2) is 0 Å². The molecular formula is C11H24O3. The van der Waals surface area contributed by atoms with Gasteiger partial charge in [0.05, 0.1) is 18.3 Å². The van der Waals surface area contributed by atoms with E-state index in [1.54, 1.807) is 0 Å². The van der Waals surface area contributed by atoms with Crippen LogP contribution < -0.4 is 0 Å². The molecule has 0 aromatic rings. The quantitative estimate of drug-likeness (QED) is 0.561. The van der Waals surface area contributed by atoms with Crippen molar-refractivity contribution in [3.8, 4) is 0 Å². The highest BCUT2D eigenvalue weighted by molar-refractivity contribution is 4.67. The molecule has 0 aliphatic rings. The zero-order chi connectivity index (χ0) is 11.0. The Kier molecular flexibility index (Phi) is 8.14. The van der Waals surface area contributed by atoms with Gasteiger partial charge in [-0.1, -0.05) is 20.3 Å². The highest BCUT2D eigenvalue weighted by Crippen LogP contribution is 2.11. The monoisotopic (exact) mass is 204 g/mol. The Morgan fingerprint density at radius 2 is 1.43 bits per heavy atom. The number of aliphatic hydroxyl groups is 3. The normalized spacial score (nSPS) is 17.8. The minimum absolute atomic E-state index is 0.259. The summed E-state index contributed by atoms with van der Waals surface area (Å²) >= 11 is 0. The van der Waals surface area contributed by atoms with Crippen molar-refractivity contribution >= 4 is 0 Å². The maximum Gasteiger partial charge on any atom is 0.0799 e. The van der Waals surface area contributed by atoms with E-state index in [9.17, 15) is 15.3 Å². The van der Waals surface area contributed by atoms with Crippen molar-refractivity contribution in [3.05, 3.63) is 0 Å². The van der Waals surface area contributed by atoms with Crippen LogP contribution in [0.25, 0.3) is 0 Å². The second kappa shape index (κ2) is 8.21. The van der Waals surface area contributed by atoms with Crippen LogP contribution in [0.1, 0.15) is 52.4 Å². The summed E-state index contributed by atoms with van der Waals surface area (Å²) in [4.78, 5) is 0. The van der Waals surface area contributed by atoms with Crippen LogP contribution in [0, 0.1) is 0 Å². The second-order valence-corrected chi connectivity index (χ2v) is 3.92. The van der Waals surface area contributed by atoms with Crippen molar-refractivity contribution in [2.45, 2.75) is 70.7 Å². The average Bonchev–Trinajstić information content (AvgIpc) is 2.17. The van der Waals surface area contributed by atoms with Crippen LogP contribution in [0.15, 0.2) is 0 Å². The average molecular weight is 204 g/mol. The molecular weight excluding hydrogens is 180 g/mol. The lowest BCUT2D eigenvalue weighted by Crippen LogP contribution is -2.25. The van der Waals surface area contributed by atoms with E-state index in [0.29, 0.717) is 19.3 Å². The van der Waals surface area contributed by atoms with Gasteiger partial charge in [0, 0.05) is 0 Å². The zero-order valence-electron chi connectivity index (χ0n) is 9.32. The number of hydrogen-bond acceptors (Lipinski definition) is 3. The highest BCUT2D eigenvalue weighted by atomic mass is 16.3. The highest BCUT2D eigenvalue weighted by Gasteiger charge is 2.14. The molecule has 3 heteroatoms. The van der Waals surface area contributed by atoms with Crippen molar-refractivity contribution in [2.75, 3.05) is 0 Å². The van der Waals surface area contributed by atoms with Crippen molar-refractivity contribution in [2.24, 2.45) is 0 Å². The Bertz CT molecular complexity index is 128. The van der Waals surface area contributed by atoms with Crippen molar-refractivity contribution < 1.29 is 15.3 Å². The predicted octanol–water partition coefficient (Wildman–Crippen LogP) is 1.45. The van der Waals surface area contributed by atoms with E-state index in [0.717, 1.165) is 19.3 Å². The lowest BCUT2D eigenvalue weighted by molar-refractivity contribution is 0.00624. The first kappa shape index (κ1) is 13.9. The summed E-state index contributed by atoms with van der Waals surface area (Å²) in [5.41, 5.74) is 0. The Morgan fingerprint density at radius 3 is 1.93 bits per heavy atom. The van der Waals surface area contributed by atoms with E-state index in [1.165, 1.54) is 0 Å². The zero-order valence-corrected chi connectivity index (χ0v) is 9.32. The van der Waals surface area contributed by atoms with Crippen molar-refractivity contribution in [1.29, 1.82) is 0 Å². The molecule has 0 aliphatic carbocycles. The topological polar surface area (TPSA) is 60.7 Å². The van der Waals surface area contributed by atoms with Gasteiger partial charge in [0.25, 0.3) is 0 Å².